The topological polar surface area (TPSA) is 116 Å². The number of nitrogens with zero attached hydrogens (tertiary/aromatic N) is 3. The molecule has 2 heterocycles. The molecule has 1 aliphatic heterocycles. The summed E-state index contributed by atoms with van der Waals surface area (Å²) >= 11 is 0. The smallest absolute Gasteiger partial charge is 0.242 e. The molecule has 3 rings (SSSR count). The maximum Gasteiger partial charge on any atom is 0.242 e. The van der Waals surface area contributed by atoms with Crippen molar-refractivity contribution in [2.24, 2.45) is 4.99 Å². The van der Waals surface area contributed by atoms with Crippen LogP contribution in [0.2, 0.25) is 0 Å². The van der Waals surface area contributed by atoms with Crippen LogP contribution in [0.25, 0.3) is 0 Å². The largest absolute Gasteiger partial charge is 0.355 e. The van der Waals surface area contributed by atoms with Gasteiger partial charge in [0.15, 0.2) is 5.96 Å². The van der Waals surface area contributed by atoms with Gasteiger partial charge in [0, 0.05) is 57.7 Å². The molecule has 1 fully saturated rings. The fraction of sp³-hybridized carbons (Fsp3) is 0.350. The van der Waals surface area contributed by atoms with Crippen LogP contribution in [0.3, 0.4) is 0 Å². The Morgan fingerprint density at radius 3 is 2.55 bits per heavy atom. The molecule has 0 spiro atoms. The summed E-state index contributed by atoms with van der Waals surface area (Å²) in [7, 11) is -1.93. The second-order valence-electron chi connectivity index (χ2n) is 6.75. The van der Waals surface area contributed by atoms with Crippen molar-refractivity contribution in [3.8, 4) is 0 Å². The Hall–Kier alpha value is -2.25. The number of rotatable bonds is 8. The SMILES string of the molecule is CN=C(NCCNS(=O)(=O)c1cccnc1)NCc1ccc(N2CCCC2=O)cc1.I. The molecular weight excluding hydrogens is 531 g/mol. The highest BCUT2D eigenvalue weighted by atomic mass is 127. The fourth-order valence-electron chi connectivity index (χ4n) is 3.08. The number of hydrogen-bond acceptors (Lipinski definition) is 5. The van der Waals surface area contributed by atoms with Crippen LogP contribution in [-0.4, -0.2) is 52.0 Å². The number of anilines is 1. The number of aliphatic imine (C=N–C) groups is 1. The van der Waals surface area contributed by atoms with Crippen molar-refractivity contribution in [3.05, 3.63) is 54.4 Å². The van der Waals surface area contributed by atoms with E-state index < -0.39 is 10.0 Å². The quantitative estimate of drug-likeness (QED) is 0.196. The van der Waals surface area contributed by atoms with E-state index >= 15 is 0 Å². The molecule has 168 valence electrons. The van der Waals surface area contributed by atoms with Crippen molar-refractivity contribution < 1.29 is 13.2 Å². The third-order valence-corrected chi connectivity index (χ3v) is 6.11. The van der Waals surface area contributed by atoms with Gasteiger partial charge in [-0.1, -0.05) is 12.1 Å². The molecule has 1 aromatic carbocycles. The van der Waals surface area contributed by atoms with Crippen molar-refractivity contribution in [2.75, 3.05) is 31.6 Å². The lowest BCUT2D eigenvalue weighted by atomic mass is 10.2. The first-order valence-electron chi connectivity index (χ1n) is 9.73. The number of halogens is 1. The van der Waals surface area contributed by atoms with Gasteiger partial charge in [-0.15, -0.1) is 24.0 Å². The van der Waals surface area contributed by atoms with E-state index in [1.807, 2.05) is 29.2 Å². The minimum absolute atomic E-state index is 0. The van der Waals surface area contributed by atoms with Gasteiger partial charge in [0.25, 0.3) is 0 Å². The van der Waals surface area contributed by atoms with E-state index in [1.165, 1.54) is 18.5 Å². The second kappa shape index (κ2) is 12.0. The van der Waals surface area contributed by atoms with Gasteiger partial charge < -0.3 is 15.5 Å². The number of hydrogen-bond donors (Lipinski definition) is 3. The van der Waals surface area contributed by atoms with E-state index in [0.717, 1.165) is 24.2 Å². The minimum atomic E-state index is -3.58. The molecule has 0 radical (unpaired) electrons. The van der Waals surface area contributed by atoms with E-state index in [-0.39, 0.29) is 41.3 Å². The van der Waals surface area contributed by atoms with Gasteiger partial charge >= 0.3 is 0 Å². The van der Waals surface area contributed by atoms with Gasteiger partial charge in [-0.2, -0.15) is 0 Å². The summed E-state index contributed by atoms with van der Waals surface area (Å²) in [6.07, 6.45) is 4.35. The number of guanidine groups is 1. The number of aromatic nitrogens is 1. The molecule has 0 saturated carbocycles. The maximum atomic E-state index is 12.2. The Bertz CT molecular complexity index is 984. The summed E-state index contributed by atoms with van der Waals surface area (Å²) in [6, 6.07) is 10.9. The Morgan fingerprint density at radius 2 is 1.94 bits per heavy atom. The number of amides is 1. The predicted molar refractivity (Wildman–Crippen MR) is 131 cm³/mol. The number of carbonyl (C=O) groups excluding carboxylic acids is 1. The van der Waals surface area contributed by atoms with Crippen LogP contribution in [0.4, 0.5) is 5.69 Å². The van der Waals surface area contributed by atoms with Crippen molar-refractivity contribution in [1.82, 2.24) is 20.3 Å². The summed E-state index contributed by atoms with van der Waals surface area (Å²) in [5.41, 5.74) is 1.97. The Morgan fingerprint density at radius 1 is 1.16 bits per heavy atom. The van der Waals surface area contributed by atoms with Crippen molar-refractivity contribution in [1.29, 1.82) is 0 Å². The molecule has 1 aliphatic rings. The average molecular weight is 558 g/mol. The van der Waals surface area contributed by atoms with Crippen molar-refractivity contribution in [3.63, 3.8) is 0 Å². The minimum Gasteiger partial charge on any atom is -0.355 e. The van der Waals surface area contributed by atoms with Crippen LogP contribution in [0.1, 0.15) is 18.4 Å². The molecule has 0 aliphatic carbocycles. The maximum absolute atomic E-state index is 12.2. The van der Waals surface area contributed by atoms with Crippen molar-refractivity contribution in [2.45, 2.75) is 24.3 Å². The fourth-order valence-corrected chi connectivity index (χ4v) is 4.07. The predicted octanol–water partition coefficient (Wildman–Crippen LogP) is 1.47. The first kappa shape index (κ1) is 25.0. The molecule has 3 N–H and O–H groups in total. The third-order valence-electron chi connectivity index (χ3n) is 4.66. The van der Waals surface area contributed by atoms with Crippen molar-refractivity contribution >= 4 is 51.6 Å². The van der Waals surface area contributed by atoms with E-state index in [0.29, 0.717) is 25.5 Å². The lowest BCUT2D eigenvalue weighted by Crippen LogP contribution is -2.41. The molecule has 1 aromatic heterocycles. The summed E-state index contributed by atoms with van der Waals surface area (Å²) in [6.45, 7) is 1.90. The van der Waals surface area contributed by atoms with Crippen LogP contribution in [0.15, 0.2) is 58.7 Å². The summed E-state index contributed by atoms with van der Waals surface area (Å²) in [5.74, 6) is 0.735. The Labute approximate surface area is 199 Å². The number of sulfonamides is 1. The summed E-state index contributed by atoms with van der Waals surface area (Å²) in [4.78, 5) is 21.7. The number of pyridine rings is 1. The second-order valence-corrected chi connectivity index (χ2v) is 8.52. The lowest BCUT2D eigenvalue weighted by molar-refractivity contribution is -0.117. The normalized spacial score (nSPS) is 14.3. The van der Waals surface area contributed by atoms with Gasteiger partial charge in [-0.3, -0.25) is 14.8 Å². The highest BCUT2D eigenvalue weighted by molar-refractivity contribution is 14.0. The molecule has 9 nitrogen and oxygen atoms in total. The number of nitrogens with one attached hydrogen (secondary N) is 3. The Balaban J connectivity index is 0.00000341. The van der Waals surface area contributed by atoms with E-state index in [2.05, 4.69) is 25.3 Å². The zero-order chi connectivity index (χ0) is 21.4. The Kier molecular flexibility index (Phi) is 9.65. The summed E-state index contributed by atoms with van der Waals surface area (Å²) < 4.78 is 26.8. The average Bonchev–Trinajstić information content (AvgIpc) is 3.20. The van der Waals surface area contributed by atoms with E-state index in [1.54, 1.807) is 13.1 Å². The molecule has 2 aromatic rings. The lowest BCUT2D eigenvalue weighted by Gasteiger charge is -2.16. The van der Waals surface area contributed by atoms with Gasteiger partial charge in [-0.25, -0.2) is 13.1 Å². The van der Waals surface area contributed by atoms with Crippen LogP contribution >= 0.6 is 24.0 Å². The van der Waals surface area contributed by atoms with Crippen LogP contribution in [-0.2, 0) is 21.4 Å². The summed E-state index contributed by atoms with van der Waals surface area (Å²) in [5, 5.41) is 6.25. The molecule has 0 atom stereocenters. The van der Waals surface area contributed by atoms with Crippen LogP contribution in [0, 0.1) is 0 Å². The molecule has 0 unspecified atom stereocenters. The molecule has 31 heavy (non-hydrogen) atoms. The van der Waals surface area contributed by atoms with Gasteiger partial charge in [0.2, 0.25) is 15.9 Å². The zero-order valence-electron chi connectivity index (χ0n) is 17.2. The molecule has 1 amide bonds. The first-order chi connectivity index (χ1) is 14.5. The third kappa shape index (κ3) is 7.14. The van der Waals surface area contributed by atoms with E-state index in [4.69, 9.17) is 0 Å². The van der Waals surface area contributed by atoms with Gasteiger partial charge in [0.1, 0.15) is 4.90 Å². The van der Waals surface area contributed by atoms with E-state index in [9.17, 15) is 13.2 Å². The highest BCUT2D eigenvalue weighted by Gasteiger charge is 2.21. The zero-order valence-corrected chi connectivity index (χ0v) is 20.4. The molecule has 1 saturated heterocycles. The van der Waals surface area contributed by atoms with Gasteiger partial charge in [0.05, 0.1) is 0 Å². The standard InChI is InChI=1S/C20H26N6O3S.HI/c1-21-20(23-11-12-25-30(28,29)18-4-2-10-22-15-18)24-14-16-6-8-17(9-7-16)26-13-3-5-19(26)27;/h2,4,6-10,15,25H,3,5,11-14H2,1H3,(H2,21,23,24);1H. The van der Waals surface area contributed by atoms with Gasteiger partial charge in [-0.05, 0) is 36.2 Å². The molecular formula is C20H27IN6O3S. The monoisotopic (exact) mass is 558 g/mol. The molecule has 11 heteroatoms. The first-order valence-corrected chi connectivity index (χ1v) is 11.2. The van der Waals surface area contributed by atoms with Crippen LogP contribution in [0.5, 0.6) is 0 Å². The highest BCUT2D eigenvalue weighted by Crippen LogP contribution is 2.21. The number of carbonyl (C=O) groups is 1. The van der Waals surface area contributed by atoms with Crippen LogP contribution < -0.4 is 20.3 Å². The number of benzene rings is 1. The molecule has 0 bridgehead atoms.